The molecule has 0 amide bonds. The van der Waals surface area contributed by atoms with E-state index in [1.807, 2.05) is 0 Å². The number of aliphatic hydroxyl groups is 2. The molecule has 16 nitrogen and oxygen atoms in total. The quantitative estimate of drug-likeness (QED) is 0.0146. The van der Waals surface area contributed by atoms with Gasteiger partial charge in [0, 0.05) is 19.3 Å². The number of hydrogen-bond donors (Lipinski definition) is 4. The van der Waals surface area contributed by atoms with Crippen molar-refractivity contribution in [2.45, 2.75) is 527 Å². The van der Waals surface area contributed by atoms with Gasteiger partial charge < -0.3 is 34.2 Å². The number of ether oxygens (including phenoxy) is 3. The van der Waals surface area contributed by atoms with Crippen molar-refractivity contribution >= 4 is 33.6 Å². The molecular formula is C115H204O16P2. The minimum Gasteiger partial charge on any atom is -0.463 e. The smallest absolute Gasteiger partial charge is 0.463 e. The molecule has 0 bridgehead atoms. The van der Waals surface area contributed by atoms with Crippen molar-refractivity contribution in [3.8, 4) is 0 Å². The van der Waals surface area contributed by atoms with Gasteiger partial charge in [-0.1, -0.05) is 481 Å². The minimum absolute atomic E-state index is 0.103. The van der Waals surface area contributed by atoms with Gasteiger partial charge in [0.25, 0.3) is 0 Å². The number of hydrogen-bond acceptors (Lipinski definition) is 14. The van der Waals surface area contributed by atoms with E-state index in [-0.39, 0.29) is 19.3 Å². The third-order valence-corrected chi connectivity index (χ3v) is 25.9. The molecule has 5 atom stereocenters. The van der Waals surface area contributed by atoms with Crippen LogP contribution in [0.4, 0.5) is 0 Å². The Balaban J connectivity index is 4.57. The fourth-order valence-electron chi connectivity index (χ4n) is 15.6. The number of unbranched alkanes of at least 4 members (excludes halogenated alkanes) is 58. The monoisotopic (exact) mass is 1900 g/mol. The number of allylic oxidation sites excluding steroid dienone is 24. The molecule has 770 valence electrons. The Morgan fingerprint density at radius 3 is 0.594 bits per heavy atom. The molecule has 0 aromatic carbocycles. The van der Waals surface area contributed by atoms with Crippen LogP contribution in [0.3, 0.4) is 0 Å². The highest BCUT2D eigenvalue weighted by atomic mass is 31.2. The van der Waals surface area contributed by atoms with Gasteiger partial charge in [0.2, 0.25) is 0 Å². The highest BCUT2D eigenvalue weighted by Crippen LogP contribution is 2.45. The van der Waals surface area contributed by atoms with Gasteiger partial charge in [-0.25, -0.2) is 9.13 Å². The van der Waals surface area contributed by atoms with E-state index in [0.29, 0.717) is 19.3 Å². The van der Waals surface area contributed by atoms with E-state index in [2.05, 4.69) is 167 Å². The van der Waals surface area contributed by atoms with Crippen LogP contribution < -0.4 is 0 Å². The average molecular weight is 1900 g/mol. The highest BCUT2D eigenvalue weighted by molar-refractivity contribution is 7.47. The van der Waals surface area contributed by atoms with Crippen molar-refractivity contribution in [2.75, 3.05) is 39.6 Å². The number of phosphoric acid groups is 2. The third-order valence-electron chi connectivity index (χ3n) is 24.0. The number of aliphatic hydroxyl groups excluding tert-OH is 2. The van der Waals surface area contributed by atoms with Gasteiger partial charge in [-0.2, -0.15) is 0 Å². The molecule has 5 unspecified atom stereocenters. The lowest BCUT2D eigenvalue weighted by Crippen LogP contribution is -2.30. The summed E-state index contributed by atoms with van der Waals surface area (Å²) >= 11 is 0. The summed E-state index contributed by atoms with van der Waals surface area (Å²) in [7, 11) is -9.82. The van der Waals surface area contributed by atoms with Crippen LogP contribution in [0, 0.1) is 0 Å². The van der Waals surface area contributed by atoms with Gasteiger partial charge in [0.15, 0.2) is 6.10 Å². The maximum Gasteiger partial charge on any atom is 0.472 e. The average Bonchev–Trinajstić information content (AvgIpc) is 0.896. The number of carbonyl (C=O) groups is 3. The second-order valence-corrected chi connectivity index (χ2v) is 40.0. The summed E-state index contributed by atoms with van der Waals surface area (Å²) in [5.74, 6) is -1.55. The Bertz CT molecular complexity index is 3000. The van der Waals surface area contributed by atoms with Crippen molar-refractivity contribution in [2.24, 2.45) is 0 Å². The first-order valence-electron chi connectivity index (χ1n) is 55.1. The fourth-order valence-corrected chi connectivity index (χ4v) is 17.2. The Morgan fingerprint density at radius 2 is 0.376 bits per heavy atom. The Morgan fingerprint density at radius 1 is 0.211 bits per heavy atom. The third kappa shape index (κ3) is 108. The van der Waals surface area contributed by atoms with Crippen LogP contribution in [0.5, 0.6) is 0 Å². The van der Waals surface area contributed by atoms with Gasteiger partial charge in [-0.15, -0.1) is 0 Å². The zero-order valence-corrected chi connectivity index (χ0v) is 87.4. The molecule has 0 aliphatic carbocycles. The van der Waals surface area contributed by atoms with Crippen molar-refractivity contribution < 1.29 is 75.8 Å². The molecule has 0 radical (unpaired) electrons. The summed E-state index contributed by atoms with van der Waals surface area (Å²) in [6.45, 7) is 2.71. The van der Waals surface area contributed by atoms with Gasteiger partial charge in [0.1, 0.15) is 25.4 Å². The summed E-state index contributed by atoms with van der Waals surface area (Å²) < 4.78 is 61.8. The molecule has 0 aliphatic rings. The van der Waals surface area contributed by atoms with E-state index in [1.54, 1.807) is 0 Å². The first-order valence-corrected chi connectivity index (χ1v) is 58.1. The van der Waals surface area contributed by atoms with Gasteiger partial charge in [-0.05, 0) is 154 Å². The molecule has 0 rings (SSSR count). The molecule has 0 spiro atoms. The molecule has 0 fully saturated rings. The molecule has 0 heterocycles. The predicted molar refractivity (Wildman–Crippen MR) is 565 cm³/mol. The Labute approximate surface area is 817 Å². The lowest BCUT2D eigenvalue weighted by molar-refractivity contribution is -0.161. The molecule has 133 heavy (non-hydrogen) atoms. The van der Waals surface area contributed by atoms with E-state index in [0.717, 1.165) is 128 Å². The van der Waals surface area contributed by atoms with Crippen LogP contribution in [-0.4, -0.2) is 95.9 Å². The number of phosphoric ester groups is 2. The summed E-state index contributed by atoms with van der Waals surface area (Å²) in [5.41, 5.74) is 0. The van der Waals surface area contributed by atoms with E-state index in [9.17, 15) is 43.5 Å². The summed E-state index contributed by atoms with van der Waals surface area (Å²) in [6.07, 6.45) is 138. The van der Waals surface area contributed by atoms with E-state index >= 15 is 0 Å². The van der Waals surface area contributed by atoms with Crippen LogP contribution in [0.15, 0.2) is 146 Å². The van der Waals surface area contributed by atoms with Crippen molar-refractivity contribution in [3.05, 3.63) is 146 Å². The minimum atomic E-state index is -4.95. The first-order chi connectivity index (χ1) is 65.2. The topological polar surface area (TPSA) is 231 Å². The van der Waals surface area contributed by atoms with E-state index < -0.39 is 91.5 Å². The summed E-state index contributed by atoms with van der Waals surface area (Å²) in [6, 6.07) is 0. The van der Waals surface area contributed by atoms with Crippen molar-refractivity contribution in [1.29, 1.82) is 0 Å². The number of carbonyl (C=O) groups excluding carboxylic acids is 3. The summed E-state index contributed by atoms with van der Waals surface area (Å²) in [5, 5.41) is 20.8. The standard InChI is InChI=1S/C115H204O16P2/c1-4-7-10-13-16-19-22-25-28-31-34-37-40-43-46-49-51-53-54-56-58-60-62-65-68-71-74-77-80-83-86-89-92-95-98-101-113(118)125-104-110(116)105-127-132(121,122)128-106-111(117)107-129-133(123,124)130-109-112(131-115(120)103-100-97-94-91-88-85-82-79-76-73-70-67-64-59-48-45-42-39-36-33-30-27-24-21-18-15-12-9-6-3)108-126-114(119)102-99-96-93-90-87-84-81-78-75-72-69-66-63-61-57-55-52-50-47-44-41-38-35-32-29-26-23-20-17-14-11-8-5-2/h16-21,25-30,34-39,43-48,110-112,116-117H,4-15,22-24,31-33,40-42,49-109H2,1-3H3,(H,121,122)(H,123,124)/b19-16-,20-17-,21-18-,28-25-,29-26-,30-27-,37-34-,38-35-,39-36-,46-43-,47-44-,48-45-. The van der Waals surface area contributed by atoms with Gasteiger partial charge in [-0.3, -0.25) is 32.5 Å². The van der Waals surface area contributed by atoms with Crippen LogP contribution in [0.2, 0.25) is 0 Å². The predicted octanol–water partition coefficient (Wildman–Crippen LogP) is 35.4. The zero-order valence-electron chi connectivity index (χ0n) is 85.7. The molecule has 0 aromatic heterocycles. The SMILES string of the molecule is CCCCC/C=C\C/C=C\C/C=C\C/C=C\CCCCCCCCCCCCCCCCCCCCCC(=O)OCC(O)COP(=O)(O)OCC(O)COP(=O)(O)OCC(COC(=O)CCCCCCCCCCCCCCCCCCC/C=C\C/C=C\C/C=C\C/C=C\CCCCC)OC(=O)CCCCCCCCCCCCCCC/C=C\C/C=C\C/C=C\C/C=C\CCCCC. The second kappa shape index (κ2) is 106. The van der Waals surface area contributed by atoms with Crippen molar-refractivity contribution in [1.82, 2.24) is 0 Å². The molecule has 0 saturated carbocycles. The lowest BCUT2D eigenvalue weighted by atomic mass is 10.0. The molecule has 0 saturated heterocycles. The molecule has 0 aliphatic heterocycles. The Kier molecular flexibility index (Phi) is 103. The number of esters is 3. The fraction of sp³-hybridized carbons (Fsp3) is 0.765. The van der Waals surface area contributed by atoms with Crippen LogP contribution in [-0.2, 0) is 55.8 Å². The van der Waals surface area contributed by atoms with Crippen LogP contribution >= 0.6 is 15.6 Å². The lowest BCUT2D eigenvalue weighted by Gasteiger charge is -2.21. The first kappa shape index (κ1) is 128. The van der Waals surface area contributed by atoms with Crippen molar-refractivity contribution in [3.63, 3.8) is 0 Å². The zero-order chi connectivity index (χ0) is 96.4. The number of rotatable bonds is 105. The van der Waals surface area contributed by atoms with E-state index in [4.69, 9.17) is 32.3 Å². The highest BCUT2D eigenvalue weighted by Gasteiger charge is 2.30. The van der Waals surface area contributed by atoms with Crippen LogP contribution in [0.25, 0.3) is 0 Å². The maximum atomic E-state index is 13.2. The normalized spacial score (nSPS) is 14.1. The Hall–Kier alpha value is -4.57. The maximum absolute atomic E-state index is 13.2. The van der Waals surface area contributed by atoms with Gasteiger partial charge >= 0.3 is 33.6 Å². The van der Waals surface area contributed by atoms with Gasteiger partial charge in [0.05, 0.1) is 26.4 Å². The largest absolute Gasteiger partial charge is 0.472 e. The molecule has 18 heteroatoms. The summed E-state index contributed by atoms with van der Waals surface area (Å²) in [4.78, 5) is 59.3. The van der Waals surface area contributed by atoms with Crippen LogP contribution in [0.1, 0.15) is 509 Å². The second-order valence-electron chi connectivity index (χ2n) is 37.1. The van der Waals surface area contributed by atoms with E-state index in [1.165, 1.54) is 321 Å². The molecule has 0 aromatic rings. The molecular weight excluding hydrogens is 1700 g/mol. The molecule has 4 N–H and O–H groups in total.